The Kier molecular flexibility index (Phi) is 5.83. The molecule has 0 saturated carbocycles. The molecule has 4 nitrogen and oxygen atoms in total. The molecule has 116 valence electrons. The van der Waals surface area contributed by atoms with Gasteiger partial charge in [-0.25, -0.2) is 0 Å². The van der Waals surface area contributed by atoms with Gasteiger partial charge in [0.2, 0.25) is 0 Å². The van der Waals surface area contributed by atoms with E-state index in [1.54, 1.807) is 26.2 Å². The Labute approximate surface area is 131 Å². The molecule has 2 rings (SSSR count). The third-order valence-electron chi connectivity index (χ3n) is 3.28. The van der Waals surface area contributed by atoms with Crippen LogP contribution in [0.25, 0.3) is 0 Å². The highest BCUT2D eigenvalue weighted by atomic mass is 16.5. The maximum atomic E-state index is 12.0. The normalized spacial score (nSPS) is 11.5. The molecule has 0 heterocycles. The fourth-order valence-electron chi connectivity index (χ4n) is 2.05. The van der Waals surface area contributed by atoms with Crippen molar-refractivity contribution in [2.75, 3.05) is 13.7 Å². The van der Waals surface area contributed by atoms with E-state index < -0.39 is 6.10 Å². The second-order valence-corrected chi connectivity index (χ2v) is 4.97. The highest BCUT2D eigenvalue weighted by Gasteiger charge is 2.14. The van der Waals surface area contributed by atoms with Crippen LogP contribution in [0.5, 0.6) is 11.5 Å². The van der Waals surface area contributed by atoms with Crippen molar-refractivity contribution in [3.05, 3.63) is 60.2 Å². The van der Waals surface area contributed by atoms with Crippen molar-refractivity contribution >= 4 is 5.91 Å². The number of carbonyl (C=O) groups excluding carboxylic acids is 1. The Balaban J connectivity index is 1.79. The molecule has 4 heteroatoms. The van der Waals surface area contributed by atoms with E-state index in [9.17, 15) is 4.79 Å². The Morgan fingerprint density at radius 2 is 1.82 bits per heavy atom. The van der Waals surface area contributed by atoms with Crippen molar-refractivity contribution in [1.29, 1.82) is 0 Å². The second kappa shape index (κ2) is 8.08. The largest absolute Gasteiger partial charge is 0.497 e. The van der Waals surface area contributed by atoms with Gasteiger partial charge in [0, 0.05) is 12.6 Å². The second-order valence-electron chi connectivity index (χ2n) is 4.97. The van der Waals surface area contributed by atoms with Crippen LogP contribution >= 0.6 is 0 Å². The van der Waals surface area contributed by atoms with Crippen LogP contribution in [-0.2, 0) is 11.2 Å². The van der Waals surface area contributed by atoms with Gasteiger partial charge in [-0.1, -0.05) is 36.4 Å². The van der Waals surface area contributed by atoms with Crippen LogP contribution in [0.2, 0.25) is 0 Å². The van der Waals surface area contributed by atoms with E-state index in [4.69, 9.17) is 9.47 Å². The number of nitrogens with one attached hydrogen (secondary N) is 1. The molecule has 0 aromatic heterocycles. The zero-order chi connectivity index (χ0) is 15.8. The van der Waals surface area contributed by atoms with Crippen molar-refractivity contribution in [2.45, 2.75) is 19.4 Å². The van der Waals surface area contributed by atoms with E-state index >= 15 is 0 Å². The van der Waals surface area contributed by atoms with Crippen LogP contribution < -0.4 is 14.8 Å². The van der Waals surface area contributed by atoms with Crippen LogP contribution in [0, 0.1) is 0 Å². The minimum atomic E-state index is -0.553. The summed E-state index contributed by atoms with van der Waals surface area (Å²) in [4.78, 5) is 12.0. The zero-order valence-electron chi connectivity index (χ0n) is 12.9. The summed E-state index contributed by atoms with van der Waals surface area (Å²) in [7, 11) is 1.60. The lowest BCUT2D eigenvalue weighted by molar-refractivity contribution is -0.127. The van der Waals surface area contributed by atoms with E-state index in [-0.39, 0.29) is 5.91 Å². The first-order valence-corrected chi connectivity index (χ1v) is 7.31. The summed E-state index contributed by atoms with van der Waals surface area (Å²) < 4.78 is 10.8. The summed E-state index contributed by atoms with van der Waals surface area (Å²) >= 11 is 0. The number of benzene rings is 2. The van der Waals surface area contributed by atoms with Gasteiger partial charge in [-0.15, -0.1) is 0 Å². The molecule has 0 radical (unpaired) electrons. The molecule has 0 unspecified atom stereocenters. The predicted molar refractivity (Wildman–Crippen MR) is 86.2 cm³/mol. The molecule has 1 amide bonds. The van der Waals surface area contributed by atoms with Crippen LogP contribution in [-0.4, -0.2) is 25.7 Å². The van der Waals surface area contributed by atoms with Gasteiger partial charge in [-0.05, 0) is 31.0 Å². The standard InChI is InChI=1S/C18H21NO3/c1-14(22-17-10-6-9-16(13-17)21-2)18(20)19-12-11-15-7-4-3-5-8-15/h3-10,13-14H,11-12H2,1-2H3,(H,19,20)/t14-/m0/s1. The molecule has 0 spiro atoms. The van der Waals surface area contributed by atoms with Gasteiger partial charge < -0.3 is 14.8 Å². The zero-order valence-corrected chi connectivity index (χ0v) is 12.9. The SMILES string of the molecule is COc1cccc(O[C@@H](C)C(=O)NCCc2ccccc2)c1. The summed E-state index contributed by atoms with van der Waals surface area (Å²) in [5.41, 5.74) is 1.20. The van der Waals surface area contributed by atoms with Gasteiger partial charge in [-0.3, -0.25) is 4.79 Å². The molecule has 22 heavy (non-hydrogen) atoms. The summed E-state index contributed by atoms with van der Waals surface area (Å²) in [6.07, 6.45) is 0.251. The summed E-state index contributed by atoms with van der Waals surface area (Å²) in [5.74, 6) is 1.19. The quantitative estimate of drug-likeness (QED) is 0.855. The lowest BCUT2D eigenvalue weighted by Crippen LogP contribution is -2.37. The number of rotatable bonds is 7. The van der Waals surface area contributed by atoms with Gasteiger partial charge in [0.05, 0.1) is 7.11 Å². The fourth-order valence-corrected chi connectivity index (χ4v) is 2.05. The van der Waals surface area contributed by atoms with E-state index in [1.165, 1.54) is 5.56 Å². The van der Waals surface area contributed by atoms with Crippen LogP contribution in [0.15, 0.2) is 54.6 Å². The highest BCUT2D eigenvalue weighted by molar-refractivity contribution is 5.80. The van der Waals surface area contributed by atoms with E-state index in [2.05, 4.69) is 5.32 Å². The topological polar surface area (TPSA) is 47.6 Å². The summed E-state index contributed by atoms with van der Waals surface area (Å²) in [5, 5.41) is 2.88. The molecular formula is C18H21NO3. The van der Waals surface area contributed by atoms with Crippen molar-refractivity contribution in [3.63, 3.8) is 0 Å². The number of hydrogen-bond acceptors (Lipinski definition) is 3. The Morgan fingerprint density at radius 1 is 1.09 bits per heavy atom. The minimum Gasteiger partial charge on any atom is -0.497 e. The maximum Gasteiger partial charge on any atom is 0.260 e. The first-order chi connectivity index (χ1) is 10.7. The van der Waals surface area contributed by atoms with Gasteiger partial charge in [-0.2, -0.15) is 0 Å². The van der Waals surface area contributed by atoms with Crippen molar-refractivity contribution in [2.24, 2.45) is 0 Å². The third-order valence-corrected chi connectivity index (χ3v) is 3.28. The Hall–Kier alpha value is -2.49. The van der Waals surface area contributed by atoms with E-state index in [0.717, 1.165) is 6.42 Å². The van der Waals surface area contributed by atoms with Crippen molar-refractivity contribution < 1.29 is 14.3 Å². The van der Waals surface area contributed by atoms with Gasteiger partial charge in [0.1, 0.15) is 11.5 Å². The minimum absolute atomic E-state index is 0.126. The van der Waals surface area contributed by atoms with Crippen molar-refractivity contribution in [1.82, 2.24) is 5.32 Å². The molecule has 0 aliphatic carbocycles. The molecule has 0 aliphatic rings. The number of amides is 1. The summed E-state index contributed by atoms with van der Waals surface area (Å²) in [6, 6.07) is 17.3. The lowest BCUT2D eigenvalue weighted by Gasteiger charge is -2.15. The molecule has 1 N–H and O–H groups in total. The predicted octanol–water partition coefficient (Wildman–Crippen LogP) is 2.82. The van der Waals surface area contributed by atoms with E-state index in [1.807, 2.05) is 42.5 Å². The fraction of sp³-hybridized carbons (Fsp3) is 0.278. The van der Waals surface area contributed by atoms with Gasteiger partial charge in [0.25, 0.3) is 5.91 Å². The smallest absolute Gasteiger partial charge is 0.260 e. The molecule has 2 aromatic carbocycles. The van der Waals surface area contributed by atoms with E-state index in [0.29, 0.717) is 18.0 Å². The summed E-state index contributed by atoms with van der Waals surface area (Å²) in [6.45, 7) is 2.33. The van der Waals surface area contributed by atoms with Crippen LogP contribution in [0.3, 0.4) is 0 Å². The average molecular weight is 299 g/mol. The van der Waals surface area contributed by atoms with Gasteiger partial charge in [0.15, 0.2) is 6.10 Å². The monoisotopic (exact) mass is 299 g/mol. The first kappa shape index (κ1) is 15.9. The molecule has 1 atom stereocenters. The van der Waals surface area contributed by atoms with Crippen LogP contribution in [0.4, 0.5) is 0 Å². The lowest BCUT2D eigenvalue weighted by atomic mass is 10.1. The Morgan fingerprint density at radius 3 is 2.55 bits per heavy atom. The molecule has 0 saturated heterocycles. The third kappa shape index (κ3) is 4.81. The van der Waals surface area contributed by atoms with Crippen LogP contribution in [0.1, 0.15) is 12.5 Å². The number of hydrogen-bond donors (Lipinski definition) is 1. The van der Waals surface area contributed by atoms with Crippen molar-refractivity contribution in [3.8, 4) is 11.5 Å². The highest BCUT2D eigenvalue weighted by Crippen LogP contribution is 2.19. The first-order valence-electron chi connectivity index (χ1n) is 7.31. The van der Waals surface area contributed by atoms with Gasteiger partial charge >= 0.3 is 0 Å². The number of carbonyl (C=O) groups is 1. The molecule has 0 aliphatic heterocycles. The number of ether oxygens (including phenoxy) is 2. The maximum absolute atomic E-state index is 12.0. The molecular weight excluding hydrogens is 278 g/mol. The number of methoxy groups -OCH3 is 1. The average Bonchev–Trinajstić information content (AvgIpc) is 2.56. The Bertz CT molecular complexity index is 598. The molecule has 2 aromatic rings. The molecule has 0 fully saturated rings. The molecule has 0 bridgehead atoms.